The minimum Gasteiger partial charge on any atom is -0.469 e. The zero-order chi connectivity index (χ0) is 25.2. The van der Waals surface area contributed by atoms with Crippen LogP contribution in [0, 0.1) is 5.92 Å². The summed E-state index contributed by atoms with van der Waals surface area (Å²) in [5, 5.41) is 2.59. The predicted molar refractivity (Wildman–Crippen MR) is 124 cm³/mol. The lowest BCUT2D eigenvalue weighted by Crippen LogP contribution is -2.53. The number of aromatic nitrogens is 1. The Labute approximate surface area is 203 Å². The van der Waals surface area contributed by atoms with Crippen molar-refractivity contribution in [2.75, 3.05) is 13.1 Å². The molecule has 1 N–H and O–H groups in total. The molecule has 3 atom stereocenters. The van der Waals surface area contributed by atoms with E-state index in [-0.39, 0.29) is 36.3 Å². The van der Waals surface area contributed by atoms with Gasteiger partial charge in [0.1, 0.15) is 24.1 Å². The summed E-state index contributed by atoms with van der Waals surface area (Å²) < 4.78 is 37.4. The average Bonchev–Trinajstić information content (AvgIpc) is 3.52. The topological polar surface area (TPSA) is 139 Å². The van der Waals surface area contributed by atoms with E-state index in [4.69, 9.17) is 9.15 Å². The summed E-state index contributed by atoms with van der Waals surface area (Å²) in [5.74, 6) is -0.844. The van der Waals surface area contributed by atoms with Gasteiger partial charge in [-0.1, -0.05) is 19.9 Å². The van der Waals surface area contributed by atoms with Gasteiger partial charge in [0.15, 0.2) is 11.5 Å². The number of hydrogen-bond donors (Lipinski definition) is 1. The number of ether oxygens (including phenoxy) is 1. The van der Waals surface area contributed by atoms with Crippen molar-refractivity contribution in [3.05, 3.63) is 48.7 Å². The second-order valence-electron chi connectivity index (χ2n) is 9.10. The molecule has 0 bridgehead atoms. The summed E-state index contributed by atoms with van der Waals surface area (Å²) in [4.78, 5) is 44.2. The zero-order valence-electron chi connectivity index (χ0n) is 19.5. The molecule has 0 aromatic carbocycles. The van der Waals surface area contributed by atoms with Crippen molar-refractivity contribution < 1.29 is 32.0 Å². The van der Waals surface area contributed by atoms with Crippen LogP contribution in [0.5, 0.6) is 5.75 Å². The Morgan fingerprint density at radius 2 is 2.09 bits per heavy atom. The van der Waals surface area contributed by atoms with Gasteiger partial charge < -0.3 is 19.4 Å². The maximum absolute atomic E-state index is 13.5. The summed E-state index contributed by atoms with van der Waals surface area (Å²) in [6.07, 6.45) is 3.95. The molecular weight excluding hydrogens is 476 g/mol. The maximum Gasteiger partial charge on any atom is 0.413 e. The monoisotopic (exact) mass is 504 g/mol. The molecule has 0 saturated carbocycles. The number of nitrogens with one attached hydrogen (secondary N) is 1. The molecule has 4 heterocycles. The van der Waals surface area contributed by atoms with E-state index >= 15 is 0 Å². The van der Waals surface area contributed by atoms with E-state index in [9.17, 15) is 22.8 Å². The fourth-order valence-corrected chi connectivity index (χ4v) is 6.28. The third-order valence-corrected chi connectivity index (χ3v) is 7.85. The first-order chi connectivity index (χ1) is 16.7. The highest BCUT2D eigenvalue weighted by Crippen LogP contribution is 2.33. The van der Waals surface area contributed by atoms with E-state index in [1.54, 1.807) is 18.2 Å². The summed E-state index contributed by atoms with van der Waals surface area (Å²) in [6, 6.07) is 4.01. The molecule has 2 aliphatic heterocycles. The Hall–Kier alpha value is -3.25. The molecule has 3 unspecified atom stereocenters. The van der Waals surface area contributed by atoms with E-state index in [1.807, 2.05) is 13.8 Å². The Morgan fingerprint density at radius 3 is 2.74 bits per heavy atom. The highest BCUT2D eigenvalue weighted by Gasteiger charge is 2.54. The van der Waals surface area contributed by atoms with Gasteiger partial charge in [0, 0.05) is 18.8 Å². The second kappa shape index (κ2) is 10.2. The van der Waals surface area contributed by atoms with Gasteiger partial charge in [0.25, 0.3) is 0 Å². The third kappa shape index (κ3) is 5.54. The Balaban J connectivity index is 1.48. The van der Waals surface area contributed by atoms with Gasteiger partial charge >= 0.3 is 6.09 Å². The number of likely N-dealkylation sites (tertiary alicyclic amines) is 1. The van der Waals surface area contributed by atoms with Crippen molar-refractivity contribution >= 4 is 27.8 Å². The smallest absolute Gasteiger partial charge is 0.413 e. The lowest BCUT2D eigenvalue weighted by Gasteiger charge is -2.28. The molecule has 35 heavy (non-hydrogen) atoms. The number of pyridine rings is 1. The number of fused-ring (bicyclic) bond motifs is 1. The van der Waals surface area contributed by atoms with Crippen molar-refractivity contribution in [2.45, 2.75) is 50.6 Å². The lowest BCUT2D eigenvalue weighted by molar-refractivity contribution is -0.138. The molecule has 0 spiro atoms. The largest absolute Gasteiger partial charge is 0.469 e. The van der Waals surface area contributed by atoms with Crippen molar-refractivity contribution in [2.24, 2.45) is 5.92 Å². The molecule has 2 aromatic rings. The number of nitrogens with zero attached hydrogens (tertiary/aromatic N) is 3. The van der Waals surface area contributed by atoms with Crippen LogP contribution in [0.15, 0.2) is 47.4 Å². The van der Waals surface area contributed by atoms with Crippen LogP contribution in [0.4, 0.5) is 4.79 Å². The number of carbonyl (C=O) groups is 3. The second-order valence-corrected chi connectivity index (χ2v) is 11.0. The predicted octanol–water partition coefficient (Wildman–Crippen LogP) is 1.56. The summed E-state index contributed by atoms with van der Waals surface area (Å²) in [7, 11) is -3.82. The highest BCUT2D eigenvalue weighted by atomic mass is 32.2. The minimum atomic E-state index is -3.82. The molecule has 2 aliphatic rings. The number of hydrogen-bond acceptors (Lipinski definition) is 8. The normalized spacial score (nSPS) is 21.2. The minimum absolute atomic E-state index is 0.0612. The van der Waals surface area contributed by atoms with Gasteiger partial charge in [-0.2, -0.15) is 4.31 Å². The molecule has 12 heteroatoms. The number of carbonyl (C=O) groups excluding carboxylic acids is 3. The summed E-state index contributed by atoms with van der Waals surface area (Å²) in [5.41, 5.74) is 0.381. The summed E-state index contributed by atoms with van der Waals surface area (Å²) >= 11 is 0. The van der Waals surface area contributed by atoms with Gasteiger partial charge in [0.2, 0.25) is 15.9 Å². The molecule has 188 valence electrons. The SMILES string of the molecule is CC(C)CC(NC(=O)Oc1ccoc1)C(=O)N1CCC2C1C(=O)CN2S(=O)(=O)Cc1ccccn1. The molecule has 2 amide bonds. The zero-order valence-corrected chi connectivity index (χ0v) is 20.3. The maximum atomic E-state index is 13.5. The Kier molecular flexibility index (Phi) is 7.22. The van der Waals surface area contributed by atoms with Gasteiger partial charge in [0.05, 0.1) is 24.5 Å². The molecule has 0 radical (unpaired) electrons. The summed E-state index contributed by atoms with van der Waals surface area (Å²) in [6.45, 7) is 3.73. The van der Waals surface area contributed by atoms with Crippen molar-refractivity contribution in [3.8, 4) is 5.75 Å². The molecule has 2 saturated heterocycles. The average molecular weight is 505 g/mol. The van der Waals surface area contributed by atoms with E-state index in [0.717, 1.165) is 0 Å². The first kappa shape index (κ1) is 24.9. The highest BCUT2D eigenvalue weighted by molar-refractivity contribution is 7.88. The van der Waals surface area contributed by atoms with Crippen molar-refractivity contribution in [1.82, 2.24) is 19.5 Å². The number of rotatable bonds is 8. The fourth-order valence-electron chi connectivity index (χ4n) is 4.62. The van der Waals surface area contributed by atoms with E-state index in [2.05, 4.69) is 10.3 Å². The standard InChI is InChI=1S/C23H28N4O7S/c1-15(2)11-18(25-23(30)34-17-7-10-33-13-17)22(29)26-9-6-19-21(26)20(28)12-27(19)35(31,32)14-16-5-3-4-8-24-16/h3-5,7-8,10,13,15,18-19,21H,6,9,11-12,14H2,1-2H3,(H,25,30). The van der Waals surface area contributed by atoms with Crippen molar-refractivity contribution in [3.63, 3.8) is 0 Å². The van der Waals surface area contributed by atoms with Crippen LogP contribution in [0.2, 0.25) is 0 Å². The van der Waals surface area contributed by atoms with Crippen LogP contribution >= 0.6 is 0 Å². The lowest BCUT2D eigenvalue weighted by atomic mass is 10.0. The van der Waals surface area contributed by atoms with Gasteiger partial charge in [-0.3, -0.25) is 14.6 Å². The molecule has 0 aliphatic carbocycles. The number of furan rings is 1. The van der Waals surface area contributed by atoms with Crippen LogP contribution in [-0.4, -0.2) is 71.6 Å². The number of ketones is 1. The molecular formula is C23H28N4O7S. The van der Waals surface area contributed by atoms with E-state index < -0.39 is 40.1 Å². The molecule has 2 aromatic heterocycles. The Bertz CT molecular complexity index is 1170. The van der Waals surface area contributed by atoms with Crippen LogP contribution in [0.1, 0.15) is 32.4 Å². The van der Waals surface area contributed by atoms with Crippen LogP contribution in [0.25, 0.3) is 0 Å². The number of amides is 2. The first-order valence-corrected chi connectivity index (χ1v) is 13.0. The van der Waals surface area contributed by atoms with Crippen LogP contribution in [0.3, 0.4) is 0 Å². The van der Waals surface area contributed by atoms with E-state index in [0.29, 0.717) is 18.5 Å². The molecule has 4 rings (SSSR count). The third-order valence-electron chi connectivity index (χ3n) is 6.08. The molecule has 11 nitrogen and oxygen atoms in total. The van der Waals surface area contributed by atoms with Gasteiger partial charge in [-0.15, -0.1) is 0 Å². The van der Waals surface area contributed by atoms with Crippen LogP contribution in [-0.2, 0) is 25.4 Å². The quantitative estimate of drug-likeness (QED) is 0.571. The Morgan fingerprint density at radius 1 is 1.29 bits per heavy atom. The van der Waals surface area contributed by atoms with Gasteiger partial charge in [-0.05, 0) is 30.9 Å². The molecule has 2 fully saturated rings. The van der Waals surface area contributed by atoms with Gasteiger partial charge in [-0.25, -0.2) is 13.2 Å². The number of sulfonamides is 1. The van der Waals surface area contributed by atoms with E-state index in [1.165, 1.54) is 34.0 Å². The number of Topliss-reactive ketones (excluding diaryl/α,β-unsaturated/α-hetero) is 1. The fraction of sp³-hybridized carbons (Fsp3) is 0.478. The van der Waals surface area contributed by atoms with Crippen LogP contribution < -0.4 is 10.1 Å². The van der Waals surface area contributed by atoms with Crippen molar-refractivity contribution in [1.29, 1.82) is 0 Å². The first-order valence-electron chi connectivity index (χ1n) is 11.4.